The predicted molar refractivity (Wildman–Crippen MR) is 123 cm³/mol. The average Bonchev–Trinajstić information content (AvgIpc) is 3.12. The molecule has 1 aromatic carbocycles. The molecule has 0 saturated carbocycles. The number of nitrogens with zero attached hydrogens (tertiary/aromatic N) is 4. The molecule has 172 valence electrons. The first kappa shape index (κ1) is 25.2. The molecule has 1 aliphatic rings. The number of fused-ring (bicyclic) bond motifs is 1. The van der Waals surface area contributed by atoms with Gasteiger partial charge in [-0.1, -0.05) is 12.1 Å². The zero-order valence-corrected chi connectivity index (χ0v) is 20.0. The van der Waals surface area contributed by atoms with E-state index in [1.807, 2.05) is 13.0 Å². The summed E-state index contributed by atoms with van der Waals surface area (Å²) in [5.41, 5.74) is 1.41. The van der Waals surface area contributed by atoms with Gasteiger partial charge in [-0.2, -0.15) is 13.2 Å². The molecule has 0 bridgehead atoms. The number of halogens is 4. The minimum absolute atomic E-state index is 0. The van der Waals surface area contributed by atoms with Crippen LogP contribution in [0, 0.1) is 6.92 Å². The average molecular weight is 552 g/mol. The number of aryl methyl sites for hydroxylation is 2. The molecule has 0 fully saturated rings. The monoisotopic (exact) mass is 552 g/mol. The molecule has 2 N–H and O–H groups in total. The SMILES string of the molecule is CCNC(=NCc1ccc(C)cc1OCC(F)(F)F)NCc1nnc2n1CCCC2.I. The van der Waals surface area contributed by atoms with Gasteiger partial charge in [0, 0.05) is 25.1 Å². The Morgan fingerprint density at radius 2 is 2.03 bits per heavy atom. The van der Waals surface area contributed by atoms with Gasteiger partial charge in [-0.3, -0.25) is 0 Å². The second-order valence-corrected chi connectivity index (χ2v) is 7.20. The third-order valence-corrected chi connectivity index (χ3v) is 4.72. The summed E-state index contributed by atoms with van der Waals surface area (Å²) in [6.07, 6.45) is -1.21. The molecule has 3 rings (SSSR count). The number of aromatic nitrogens is 3. The Kier molecular flexibility index (Phi) is 9.38. The maximum Gasteiger partial charge on any atom is 0.422 e. The van der Waals surface area contributed by atoms with Crippen molar-refractivity contribution in [3.8, 4) is 5.75 Å². The van der Waals surface area contributed by atoms with Crippen molar-refractivity contribution in [2.24, 2.45) is 4.99 Å². The summed E-state index contributed by atoms with van der Waals surface area (Å²) in [7, 11) is 0. The van der Waals surface area contributed by atoms with E-state index in [0.717, 1.165) is 43.0 Å². The van der Waals surface area contributed by atoms with Gasteiger partial charge >= 0.3 is 6.18 Å². The molecule has 0 unspecified atom stereocenters. The van der Waals surface area contributed by atoms with Gasteiger partial charge in [-0.15, -0.1) is 34.2 Å². The minimum atomic E-state index is -4.39. The highest BCUT2D eigenvalue weighted by Gasteiger charge is 2.28. The quantitative estimate of drug-likeness (QED) is 0.311. The number of guanidine groups is 1. The first-order valence-electron chi connectivity index (χ1n) is 10.1. The van der Waals surface area contributed by atoms with Crippen molar-refractivity contribution in [3.63, 3.8) is 0 Å². The van der Waals surface area contributed by atoms with Crippen LogP contribution in [-0.4, -0.2) is 40.1 Å². The smallest absolute Gasteiger partial charge is 0.422 e. The van der Waals surface area contributed by atoms with Crippen LogP contribution in [0.2, 0.25) is 0 Å². The molecule has 7 nitrogen and oxygen atoms in total. The summed E-state index contributed by atoms with van der Waals surface area (Å²) in [6, 6.07) is 5.16. The summed E-state index contributed by atoms with van der Waals surface area (Å²) in [6.45, 7) is 4.62. The largest absolute Gasteiger partial charge is 0.484 e. The summed E-state index contributed by atoms with van der Waals surface area (Å²) >= 11 is 0. The van der Waals surface area contributed by atoms with Crippen LogP contribution in [0.25, 0.3) is 0 Å². The van der Waals surface area contributed by atoms with Crippen LogP contribution in [0.4, 0.5) is 13.2 Å². The molecule has 11 heteroatoms. The second kappa shape index (κ2) is 11.5. The van der Waals surface area contributed by atoms with E-state index < -0.39 is 12.8 Å². The lowest BCUT2D eigenvalue weighted by Gasteiger charge is -2.16. The van der Waals surface area contributed by atoms with Crippen LogP contribution in [-0.2, 0) is 26.1 Å². The van der Waals surface area contributed by atoms with E-state index >= 15 is 0 Å². The summed E-state index contributed by atoms with van der Waals surface area (Å²) in [5.74, 6) is 2.59. The van der Waals surface area contributed by atoms with Gasteiger partial charge in [0.1, 0.15) is 11.6 Å². The zero-order valence-electron chi connectivity index (χ0n) is 17.6. The Bertz CT molecular complexity index is 884. The number of nitrogens with one attached hydrogen (secondary N) is 2. The molecule has 0 atom stereocenters. The van der Waals surface area contributed by atoms with Crippen LogP contribution in [0.5, 0.6) is 5.75 Å². The van der Waals surface area contributed by atoms with Gasteiger partial charge in [-0.05, 0) is 38.3 Å². The highest BCUT2D eigenvalue weighted by molar-refractivity contribution is 14.0. The second-order valence-electron chi connectivity index (χ2n) is 7.20. The van der Waals surface area contributed by atoms with E-state index in [9.17, 15) is 13.2 Å². The number of ether oxygens (including phenoxy) is 1. The zero-order chi connectivity index (χ0) is 21.6. The molecule has 2 heterocycles. The van der Waals surface area contributed by atoms with Crippen LogP contribution >= 0.6 is 24.0 Å². The van der Waals surface area contributed by atoms with Crippen molar-refractivity contribution < 1.29 is 17.9 Å². The van der Waals surface area contributed by atoms with E-state index in [-0.39, 0.29) is 36.3 Å². The number of benzene rings is 1. The Hall–Kier alpha value is -2.05. The fraction of sp³-hybridized carbons (Fsp3) is 0.550. The molecular formula is C20H28F3IN6O. The molecular weight excluding hydrogens is 524 g/mol. The summed E-state index contributed by atoms with van der Waals surface area (Å²) in [4.78, 5) is 4.51. The normalized spacial score (nSPS) is 13.9. The lowest BCUT2D eigenvalue weighted by Crippen LogP contribution is -2.37. The standard InChI is InChI=1S/C20H27F3N6O.HI/c1-3-24-19(26-12-18-28-27-17-6-4-5-9-29(17)18)25-11-15-8-7-14(2)10-16(15)30-13-20(21,22)23;/h7-8,10H,3-6,9,11-13H2,1-2H3,(H2,24,25,26);1H. The third-order valence-electron chi connectivity index (χ3n) is 4.72. The van der Waals surface area contributed by atoms with E-state index in [1.54, 1.807) is 19.1 Å². The summed E-state index contributed by atoms with van der Waals surface area (Å²) in [5, 5.41) is 14.9. The molecule has 0 aliphatic carbocycles. The van der Waals surface area contributed by atoms with Crippen molar-refractivity contribution >= 4 is 29.9 Å². The van der Waals surface area contributed by atoms with Crippen molar-refractivity contribution in [1.29, 1.82) is 0 Å². The molecule has 0 radical (unpaired) electrons. The van der Waals surface area contributed by atoms with Crippen molar-refractivity contribution in [2.45, 2.75) is 58.9 Å². The van der Waals surface area contributed by atoms with Crippen LogP contribution in [0.1, 0.15) is 42.5 Å². The first-order chi connectivity index (χ1) is 14.4. The summed E-state index contributed by atoms with van der Waals surface area (Å²) < 4.78 is 44.8. The molecule has 1 aliphatic heterocycles. The number of aliphatic imine (C=N–C) groups is 1. The fourth-order valence-electron chi connectivity index (χ4n) is 3.25. The van der Waals surface area contributed by atoms with Crippen LogP contribution in [0.15, 0.2) is 23.2 Å². The maximum absolute atomic E-state index is 12.6. The number of rotatable bonds is 7. The van der Waals surface area contributed by atoms with E-state index in [1.165, 1.54) is 0 Å². The van der Waals surface area contributed by atoms with Crippen LogP contribution < -0.4 is 15.4 Å². The van der Waals surface area contributed by atoms with Gasteiger partial charge in [0.15, 0.2) is 18.4 Å². The Labute approximate surface area is 196 Å². The first-order valence-corrected chi connectivity index (χ1v) is 10.1. The lowest BCUT2D eigenvalue weighted by molar-refractivity contribution is -0.153. The molecule has 31 heavy (non-hydrogen) atoms. The fourth-order valence-corrected chi connectivity index (χ4v) is 3.25. The molecule has 2 aromatic rings. The van der Waals surface area contributed by atoms with Crippen molar-refractivity contribution in [2.75, 3.05) is 13.2 Å². The predicted octanol–water partition coefficient (Wildman–Crippen LogP) is 3.74. The molecule has 0 spiro atoms. The lowest BCUT2D eigenvalue weighted by atomic mass is 10.1. The Morgan fingerprint density at radius 3 is 2.77 bits per heavy atom. The van der Waals surface area contributed by atoms with Gasteiger partial charge in [-0.25, -0.2) is 4.99 Å². The minimum Gasteiger partial charge on any atom is -0.484 e. The van der Waals surface area contributed by atoms with Crippen molar-refractivity contribution in [1.82, 2.24) is 25.4 Å². The van der Waals surface area contributed by atoms with E-state index in [0.29, 0.717) is 24.6 Å². The molecule has 0 saturated heterocycles. The third kappa shape index (κ3) is 7.54. The number of hydrogen-bond acceptors (Lipinski definition) is 4. The van der Waals surface area contributed by atoms with Gasteiger partial charge in [0.05, 0.1) is 13.1 Å². The van der Waals surface area contributed by atoms with Crippen LogP contribution in [0.3, 0.4) is 0 Å². The van der Waals surface area contributed by atoms with Gasteiger partial charge in [0.25, 0.3) is 0 Å². The van der Waals surface area contributed by atoms with Gasteiger partial charge in [0.2, 0.25) is 0 Å². The van der Waals surface area contributed by atoms with E-state index in [2.05, 4.69) is 30.4 Å². The van der Waals surface area contributed by atoms with Crippen molar-refractivity contribution in [3.05, 3.63) is 41.0 Å². The highest BCUT2D eigenvalue weighted by Crippen LogP contribution is 2.24. The van der Waals surface area contributed by atoms with Gasteiger partial charge < -0.3 is 19.9 Å². The molecule has 1 aromatic heterocycles. The maximum atomic E-state index is 12.6. The Balaban J connectivity index is 0.00000341. The number of hydrogen-bond donors (Lipinski definition) is 2. The number of alkyl halides is 3. The molecule has 0 amide bonds. The van der Waals surface area contributed by atoms with E-state index in [4.69, 9.17) is 4.74 Å². The Morgan fingerprint density at radius 1 is 1.23 bits per heavy atom. The highest BCUT2D eigenvalue weighted by atomic mass is 127. The topological polar surface area (TPSA) is 76.4 Å².